The first kappa shape index (κ1) is 22.9. The van der Waals surface area contributed by atoms with Gasteiger partial charge in [-0.1, -0.05) is 72.3 Å². The van der Waals surface area contributed by atoms with Crippen LogP contribution >= 0.6 is 23.4 Å². The zero-order chi connectivity index (χ0) is 22.1. The van der Waals surface area contributed by atoms with Crippen LogP contribution in [0.5, 0.6) is 0 Å². The molecule has 0 radical (unpaired) electrons. The first-order chi connectivity index (χ1) is 15.1. The van der Waals surface area contributed by atoms with Crippen molar-refractivity contribution in [2.24, 2.45) is 0 Å². The summed E-state index contributed by atoms with van der Waals surface area (Å²) in [6.45, 7) is 0.330. The highest BCUT2D eigenvalue weighted by Gasteiger charge is 2.29. The number of hydrogen-bond acceptors (Lipinski definition) is 3. The third-order valence-corrected chi connectivity index (χ3v) is 6.14. The maximum absolute atomic E-state index is 13.3. The number of halogens is 1. The van der Waals surface area contributed by atoms with Crippen molar-refractivity contribution in [3.05, 3.63) is 101 Å². The Balaban J connectivity index is 1.86. The standard InChI is InChI=1S/C25H25ClN2O2S/c1-27-25(30)23(16-19-8-4-2-5-9-19)28(17-20-12-14-21(26)15-13-20)24(29)18-31-22-10-6-3-7-11-22/h2-15,23H,16-18H2,1H3,(H,27,30)/t23-/m0/s1. The Morgan fingerprint density at radius 2 is 1.52 bits per heavy atom. The third-order valence-electron chi connectivity index (χ3n) is 4.89. The zero-order valence-corrected chi connectivity index (χ0v) is 18.9. The van der Waals surface area contributed by atoms with Gasteiger partial charge in [-0.25, -0.2) is 0 Å². The van der Waals surface area contributed by atoms with E-state index in [-0.39, 0.29) is 17.6 Å². The molecule has 0 heterocycles. The molecule has 1 N–H and O–H groups in total. The summed E-state index contributed by atoms with van der Waals surface area (Å²) in [5.74, 6) is -0.0240. The minimum Gasteiger partial charge on any atom is -0.357 e. The van der Waals surface area contributed by atoms with E-state index in [1.165, 1.54) is 11.8 Å². The molecule has 0 unspecified atom stereocenters. The molecule has 0 aliphatic carbocycles. The van der Waals surface area contributed by atoms with E-state index in [9.17, 15) is 9.59 Å². The third kappa shape index (κ3) is 6.88. The van der Waals surface area contributed by atoms with Gasteiger partial charge in [0, 0.05) is 29.9 Å². The quantitative estimate of drug-likeness (QED) is 0.473. The number of rotatable bonds is 9. The van der Waals surface area contributed by atoms with E-state index in [2.05, 4.69) is 5.32 Å². The topological polar surface area (TPSA) is 49.4 Å². The van der Waals surface area contributed by atoms with Gasteiger partial charge in [0.2, 0.25) is 11.8 Å². The molecule has 0 saturated heterocycles. The van der Waals surface area contributed by atoms with E-state index < -0.39 is 6.04 Å². The van der Waals surface area contributed by atoms with Crippen LogP contribution in [0.3, 0.4) is 0 Å². The predicted octanol–water partition coefficient (Wildman–Crippen LogP) is 4.82. The van der Waals surface area contributed by atoms with Crippen molar-refractivity contribution in [2.75, 3.05) is 12.8 Å². The summed E-state index contributed by atoms with van der Waals surface area (Å²) in [5.41, 5.74) is 1.92. The number of likely N-dealkylation sites (N-methyl/N-ethyl adjacent to an activating group) is 1. The highest BCUT2D eigenvalue weighted by Crippen LogP contribution is 2.21. The Labute approximate surface area is 192 Å². The Bertz CT molecular complexity index is 981. The Kier molecular flexibility index (Phi) is 8.56. The summed E-state index contributed by atoms with van der Waals surface area (Å²) in [6.07, 6.45) is 0.440. The summed E-state index contributed by atoms with van der Waals surface area (Å²) in [7, 11) is 1.60. The second-order valence-corrected chi connectivity index (χ2v) is 8.55. The first-order valence-electron chi connectivity index (χ1n) is 10.0. The van der Waals surface area contributed by atoms with Crippen LogP contribution in [0.1, 0.15) is 11.1 Å². The molecule has 0 aliphatic rings. The van der Waals surface area contributed by atoms with Gasteiger partial charge >= 0.3 is 0 Å². The molecule has 160 valence electrons. The number of carbonyl (C=O) groups is 2. The SMILES string of the molecule is CNC(=O)[C@H](Cc1ccccc1)N(Cc1ccc(Cl)cc1)C(=O)CSc1ccccc1. The van der Waals surface area contributed by atoms with Crippen LogP contribution in [0.15, 0.2) is 89.8 Å². The lowest BCUT2D eigenvalue weighted by Crippen LogP contribution is -2.50. The van der Waals surface area contributed by atoms with Gasteiger partial charge < -0.3 is 10.2 Å². The number of benzene rings is 3. The summed E-state index contributed by atoms with van der Waals surface area (Å²) < 4.78 is 0. The molecule has 0 aromatic heterocycles. The van der Waals surface area contributed by atoms with Crippen molar-refractivity contribution < 1.29 is 9.59 Å². The molecular formula is C25H25ClN2O2S. The fraction of sp³-hybridized carbons (Fsp3) is 0.200. The molecule has 0 saturated carbocycles. The van der Waals surface area contributed by atoms with Gasteiger partial charge in [-0.3, -0.25) is 9.59 Å². The number of nitrogens with one attached hydrogen (secondary N) is 1. The maximum Gasteiger partial charge on any atom is 0.242 e. The van der Waals surface area contributed by atoms with Crippen LogP contribution in [0.4, 0.5) is 0 Å². The van der Waals surface area contributed by atoms with Crippen LogP contribution in [0, 0.1) is 0 Å². The van der Waals surface area contributed by atoms with E-state index in [1.54, 1.807) is 24.1 Å². The van der Waals surface area contributed by atoms with E-state index in [1.807, 2.05) is 72.8 Å². The average Bonchev–Trinajstić information content (AvgIpc) is 2.81. The first-order valence-corrected chi connectivity index (χ1v) is 11.4. The lowest BCUT2D eigenvalue weighted by Gasteiger charge is -2.31. The van der Waals surface area contributed by atoms with Crippen molar-refractivity contribution >= 4 is 35.2 Å². The minimum atomic E-state index is -0.619. The van der Waals surface area contributed by atoms with Crippen molar-refractivity contribution in [1.82, 2.24) is 10.2 Å². The van der Waals surface area contributed by atoms with Gasteiger partial charge in [-0.05, 0) is 35.4 Å². The second kappa shape index (κ2) is 11.6. The second-order valence-electron chi connectivity index (χ2n) is 7.07. The van der Waals surface area contributed by atoms with Gasteiger partial charge in [0.05, 0.1) is 5.75 Å². The average molecular weight is 453 g/mol. The predicted molar refractivity (Wildman–Crippen MR) is 127 cm³/mol. The van der Waals surface area contributed by atoms with Crippen LogP contribution in [0.25, 0.3) is 0 Å². The number of carbonyl (C=O) groups excluding carboxylic acids is 2. The molecule has 3 aromatic carbocycles. The number of thioether (sulfide) groups is 1. The lowest BCUT2D eigenvalue weighted by atomic mass is 10.0. The van der Waals surface area contributed by atoms with Crippen molar-refractivity contribution in [2.45, 2.75) is 23.9 Å². The van der Waals surface area contributed by atoms with Gasteiger partial charge in [-0.2, -0.15) is 0 Å². The molecule has 3 aromatic rings. The molecule has 6 heteroatoms. The highest BCUT2D eigenvalue weighted by atomic mass is 35.5. The summed E-state index contributed by atoms with van der Waals surface area (Å²) in [4.78, 5) is 28.9. The molecule has 3 rings (SSSR count). The summed E-state index contributed by atoms with van der Waals surface area (Å²) >= 11 is 7.49. The smallest absolute Gasteiger partial charge is 0.242 e. The largest absolute Gasteiger partial charge is 0.357 e. The molecule has 0 bridgehead atoms. The minimum absolute atomic E-state index is 0.0895. The molecular weight excluding hydrogens is 428 g/mol. The van der Waals surface area contributed by atoms with Crippen molar-refractivity contribution in [1.29, 1.82) is 0 Å². The van der Waals surface area contributed by atoms with Crippen molar-refractivity contribution in [3.8, 4) is 0 Å². The van der Waals surface area contributed by atoms with Gasteiger partial charge in [-0.15, -0.1) is 11.8 Å². The van der Waals surface area contributed by atoms with E-state index in [0.29, 0.717) is 18.0 Å². The molecule has 0 fully saturated rings. The Hall–Kier alpha value is -2.76. The molecule has 4 nitrogen and oxygen atoms in total. The maximum atomic E-state index is 13.3. The lowest BCUT2D eigenvalue weighted by molar-refractivity contribution is -0.139. The van der Waals surface area contributed by atoms with Gasteiger partial charge in [0.15, 0.2) is 0 Å². The Morgan fingerprint density at radius 3 is 2.13 bits per heavy atom. The van der Waals surface area contributed by atoms with Gasteiger partial charge in [0.1, 0.15) is 6.04 Å². The van der Waals surface area contributed by atoms with E-state index >= 15 is 0 Å². The monoisotopic (exact) mass is 452 g/mol. The Morgan fingerprint density at radius 1 is 0.903 bits per heavy atom. The summed E-state index contributed by atoms with van der Waals surface area (Å²) in [5, 5.41) is 3.36. The van der Waals surface area contributed by atoms with Crippen LogP contribution in [-0.4, -0.2) is 35.6 Å². The number of nitrogens with zero attached hydrogens (tertiary/aromatic N) is 1. The molecule has 0 spiro atoms. The van der Waals surface area contributed by atoms with Crippen LogP contribution in [0.2, 0.25) is 5.02 Å². The summed E-state index contributed by atoms with van der Waals surface area (Å²) in [6, 6.07) is 26.3. The fourth-order valence-corrected chi connectivity index (χ4v) is 4.18. The molecule has 1 atom stereocenters. The van der Waals surface area contributed by atoms with Crippen LogP contribution < -0.4 is 5.32 Å². The molecule has 0 aliphatic heterocycles. The highest BCUT2D eigenvalue weighted by molar-refractivity contribution is 8.00. The molecule has 2 amide bonds. The van der Waals surface area contributed by atoms with Crippen molar-refractivity contribution in [3.63, 3.8) is 0 Å². The van der Waals surface area contributed by atoms with E-state index in [0.717, 1.165) is 16.0 Å². The zero-order valence-electron chi connectivity index (χ0n) is 17.3. The molecule has 31 heavy (non-hydrogen) atoms. The van der Waals surface area contributed by atoms with Crippen LogP contribution in [-0.2, 0) is 22.6 Å². The van der Waals surface area contributed by atoms with Gasteiger partial charge in [0.25, 0.3) is 0 Å². The van der Waals surface area contributed by atoms with E-state index in [4.69, 9.17) is 11.6 Å². The number of hydrogen-bond donors (Lipinski definition) is 1. The normalized spacial score (nSPS) is 11.5. The number of amides is 2. The fourth-order valence-electron chi connectivity index (χ4n) is 3.25.